The van der Waals surface area contributed by atoms with Crippen LogP contribution in [0.4, 0.5) is 0 Å². The van der Waals surface area contributed by atoms with Crippen molar-refractivity contribution in [2.75, 3.05) is 18.6 Å². The van der Waals surface area contributed by atoms with Crippen molar-refractivity contribution in [1.82, 2.24) is 42.2 Å². The number of fused-ring (bicyclic) bond motifs is 1. The highest BCUT2D eigenvalue weighted by Gasteiger charge is 2.33. The zero-order valence-electron chi connectivity index (χ0n) is 36.9. The summed E-state index contributed by atoms with van der Waals surface area (Å²) >= 11 is 1.48. The number of carbonyl (C=O) groups excluding carboxylic acids is 9. The molecular weight excluding hydrogens is 839 g/mol. The number of carbonyl (C=O) groups is 9. The molecule has 15 N–H and O–H groups in total. The number of benzene rings is 1. The number of rotatable bonds is 27. The number of hydrogen-bond donors (Lipinski definition) is 12. The lowest BCUT2D eigenvalue weighted by Gasteiger charge is -2.27. The Labute approximate surface area is 371 Å². The number of aliphatic hydroxyl groups is 1. The van der Waals surface area contributed by atoms with Gasteiger partial charge in [-0.15, -0.1) is 0 Å². The number of amides is 9. The number of H-pyrrole nitrogens is 1. The molecule has 9 amide bonds. The van der Waals surface area contributed by atoms with Gasteiger partial charge in [0.1, 0.15) is 42.3 Å². The van der Waals surface area contributed by atoms with Crippen LogP contribution in [0.3, 0.4) is 0 Å². The highest BCUT2D eigenvalue weighted by atomic mass is 32.2. The lowest BCUT2D eigenvalue weighted by molar-refractivity contribution is -0.135. The Morgan fingerprint density at radius 3 is 1.90 bits per heavy atom. The van der Waals surface area contributed by atoms with E-state index in [0.717, 1.165) is 10.9 Å². The average Bonchev–Trinajstić information content (AvgIpc) is 3.62. The van der Waals surface area contributed by atoms with E-state index in [1.54, 1.807) is 38.2 Å². The van der Waals surface area contributed by atoms with Gasteiger partial charge in [0, 0.05) is 29.9 Å². The fourth-order valence-corrected chi connectivity index (χ4v) is 6.73. The highest BCUT2D eigenvalue weighted by molar-refractivity contribution is 7.98. The van der Waals surface area contributed by atoms with Crippen molar-refractivity contribution in [3.8, 4) is 0 Å². The van der Waals surface area contributed by atoms with E-state index in [2.05, 4.69) is 42.2 Å². The van der Waals surface area contributed by atoms with Gasteiger partial charge in [0.25, 0.3) is 0 Å². The summed E-state index contributed by atoms with van der Waals surface area (Å²) in [6, 6.07) is -1.38. The topological polar surface area (TPSA) is 352 Å². The number of nitrogens with two attached hydrogens (primary N) is 3. The first-order valence-corrected chi connectivity index (χ1v) is 22.1. The van der Waals surface area contributed by atoms with Gasteiger partial charge in [-0.05, 0) is 68.6 Å². The molecule has 350 valence electrons. The fraction of sp³-hybridized carbons (Fsp3) is 0.585. The van der Waals surface area contributed by atoms with Crippen LogP contribution >= 0.6 is 11.8 Å². The molecule has 8 atom stereocenters. The van der Waals surface area contributed by atoms with E-state index in [4.69, 9.17) is 17.2 Å². The first-order chi connectivity index (χ1) is 29.5. The van der Waals surface area contributed by atoms with Crippen LogP contribution in [0.1, 0.15) is 72.8 Å². The van der Waals surface area contributed by atoms with E-state index >= 15 is 0 Å². The molecule has 0 spiro atoms. The maximum absolute atomic E-state index is 13.9. The monoisotopic (exact) mass is 903 g/mol. The van der Waals surface area contributed by atoms with Crippen LogP contribution in [0.25, 0.3) is 10.9 Å². The van der Waals surface area contributed by atoms with Crippen molar-refractivity contribution in [2.45, 2.75) is 122 Å². The minimum atomic E-state index is -1.41. The molecule has 0 saturated carbocycles. The minimum Gasteiger partial charge on any atom is -0.391 e. The van der Waals surface area contributed by atoms with Gasteiger partial charge in [-0.1, -0.05) is 45.9 Å². The summed E-state index contributed by atoms with van der Waals surface area (Å²) in [5.41, 5.74) is 17.9. The third-order valence-electron chi connectivity index (χ3n) is 9.92. The molecule has 0 aliphatic rings. The van der Waals surface area contributed by atoms with Gasteiger partial charge in [0.15, 0.2) is 0 Å². The molecule has 0 radical (unpaired) electrons. The molecular formula is C41H65N11O10S. The first kappa shape index (κ1) is 53.4. The standard InChI is InChI=1S/C41H65N11O10S/c1-20(2)16-29(39(60)49-27(35(44)56)14-15-63-7)48-32(55)19-46-41(62)34(21(3)4)52-36(57)22(5)47-38(59)30(17-24-18-45-26-11-9-8-10-25(24)26)51-37(58)28(12-13-31(42)54)50-40(61)33(43)23(6)53/h8-11,18,20-23,27-30,33-34,45,53H,12-17,19,43H2,1-7H3,(H2,42,54)(H2,44,56)(H,46,62)(H,47,59)(H,48,55)(H,49,60)(H,50,61)(H,51,58)(H,52,57)/t22-,23+,27-,28-,29-,30-,33-,34-/m0/s1. The molecule has 1 aromatic heterocycles. The third-order valence-corrected chi connectivity index (χ3v) is 10.6. The second kappa shape index (κ2) is 26.0. The SMILES string of the molecule is CSCC[C@H](NC(=O)[C@H](CC(C)C)NC(=O)CNC(=O)[C@@H](NC(=O)[C@H](C)NC(=O)[C@H](Cc1c[nH]c2ccccc12)NC(=O)[C@H](CCC(N)=O)NC(=O)[C@@H](N)[C@@H](C)O)C(C)C)C(N)=O. The Balaban J connectivity index is 2.21. The number of para-hydroxylation sites is 1. The molecule has 0 saturated heterocycles. The fourth-order valence-electron chi connectivity index (χ4n) is 6.26. The minimum absolute atomic E-state index is 0.0318. The largest absolute Gasteiger partial charge is 0.391 e. The van der Waals surface area contributed by atoms with Crippen LogP contribution in [0.2, 0.25) is 0 Å². The maximum atomic E-state index is 13.9. The molecule has 0 aliphatic carbocycles. The van der Waals surface area contributed by atoms with Gasteiger partial charge < -0.3 is 64.5 Å². The summed E-state index contributed by atoms with van der Waals surface area (Å²) in [6.07, 6.45) is 2.08. The molecule has 1 heterocycles. The van der Waals surface area contributed by atoms with Crippen LogP contribution < -0.4 is 54.4 Å². The van der Waals surface area contributed by atoms with Crippen molar-refractivity contribution in [3.05, 3.63) is 36.0 Å². The molecule has 0 aliphatic heterocycles. The van der Waals surface area contributed by atoms with Gasteiger partial charge >= 0.3 is 0 Å². The van der Waals surface area contributed by atoms with Gasteiger partial charge in [-0.3, -0.25) is 43.2 Å². The molecule has 21 nitrogen and oxygen atoms in total. The number of thioether (sulfide) groups is 1. The van der Waals surface area contributed by atoms with E-state index in [1.807, 2.05) is 26.2 Å². The first-order valence-electron chi connectivity index (χ1n) is 20.7. The second-order valence-corrected chi connectivity index (χ2v) is 17.1. The molecule has 2 rings (SSSR count). The summed E-state index contributed by atoms with van der Waals surface area (Å²) in [5, 5.41) is 28.4. The second-order valence-electron chi connectivity index (χ2n) is 16.1. The van der Waals surface area contributed by atoms with E-state index in [1.165, 1.54) is 25.6 Å². The molecule has 1 aromatic carbocycles. The Hall–Kier alpha value is -5.74. The zero-order valence-corrected chi connectivity index (χ0v) is 37.7. The molecule has 22 heteroatoms. The number of hydrogen-bond acceptors (Lipinski definition) is 12. The number of aromatic nitrogens is 1. The lowest BCUT2D eigenvalue weighted by Crippen LogP contribution is -2.60. The van der Waals surface area contributed by atoms with Crippen molar-refractivity contribution in [3.63, 3.8) is 0 Å². The number of aliphatic hydroxyl groups excluding tert-OH is 1. The third kappa shape index (κ3) is 17.9. The van der Waals surface area contributed by atoms with Crippen LogP contribution in [0, 0.1) is 11.8 Å². The van der Waals surface area contributed by atoms with Crippen molar-refractivity contribution in [1.29, 1.82) is 0 Å². The molecule has 0 fully saturated rings. The molecule has 63 heavy (non-hydrogen) atoms. The maximum Gasteiger partial charge on any atom is 0.243 e. The van der Waals surface area contributed by atoms with Gasteiger partial charge in [-0.25, -0.2) is 0 Å². The Morgan fingerprint density at radius 1 is 0.714 bits per heavy atom. The van der Waals surface area contributed by atoms with E-state index in [9.17, 15) is 48.3 Å². The van der Waals surface area contributed by atoms with Crippen LogP contribution in [-0.4, -0.2) is 130 Å². The quantitative estimate of drug-likeness (QED) is 0.0449. The Morgan fingerprint density at radius 2 is 1.32 bits per heavy atom. The van der Waals surface area contributed by atoms with Crippen molar-refractivity contribution < 1.29 is 48.3 Å². The Bertz CT molecular complexity index is 1920. The average molecular weight is 904 g/mol. The van der Waals surface area contributed by atoms with Gasteiger partial charge in [0.2, 0.25) is 53.2 Å². The van der Waals surface area contributed by atoms with Crippen LogP contribution in [0.5, 0.6) is 0 Å². The smallest absolute Gasteiger partial charge is 0.243 e. The molecule has 2 aromatic rings. The normalized spacial score (nSPS) is 15.1. The van der Waals surface area contributed by atoms with Gasteiger partial charge in [0.05, 0.1) is 12.6 Å². The van der Waals surface area contributed by atoms with E-state index in [-0.39, 0.29) is 31.6 Å². The predicted octanol–water partition coefficient (Wildman–Crippen LogP) is -2.33. The number of nitrogens with one attached hydrogen (secondary N) is 8. The predicted molar refractivity (Wildman–Crippen MR) is 237 cm³/mol. The molecule has 0 bridgehead atoms. The van der Waals surface area contributed by atoms with Crippen molar-refractivity contribution >= 4 is 75.8 Å². The number of aromatic amines is 1. The lowest BCUT2D eigenvalue weighted by atomic mass is 10.0. The van der Waals surface area contributed by atoms with Crippen LogP contribution in [0.15, 0.2) is 30.5 Å². The van der Waals surface area contributed by atoms with Crippen molar-refractivity contribution in [2.24, 2.45) is 29.0 Å². The summed E-state index contributed by atoms with van der Waals surface area (Å²) in [5.74, 6) is -6.85. The van der Waals surface area contributed by atoms with E-state index in [0.29, 0.717) is 17.7 Å². The number of primary amides is 2. The summed E-state index contributed by atoms with van der Waals surface area (Å²) in [6.45, 7) is 9.07. The van der Waals surface area contributed by atoms with Gasteiger partial charge in [-0.2, -0.15) is 11.8 Å². The highest BCUT2D eigenvalue weighted by Crippen LogP contribution is 2.19. The summed E-state index contributed by atoms with van der Waals surface area (Å²) < 4.78 is 0. The summed E-state index contributed by atoms with van der Waals surface area (Å²) in [7, 11) is 0. The zero-order chi connectivity index (χ0) is 47.6. The molecule has 0 unspecified atom stereocenters. The summed E-state index contributed by atoms with van der Waals surface area (Å²) in [4.78, 5) is 120. The van der Waals surface area contributed by atoms with E-state index < -0.39 is 114 Å². The Kier molecular flexibility index (Phi) is 22.1. The van der Waals surface area contributed by atoms with Crippen LogP contribution in [-0.2, 0) is 49.6 Å².